The number of aromatic nitrogens is 3. The van der Waals surface area contributed by atoms with Crippen molar-refractivity contribution in [2.24, 2.45) is 14.1 Å². The van der Waals surface area contributed by atoms with Gasteiger partial charge in [0.25, 0.3) is 5.69 Å². The van der Waals surface area contributed by atoms with Crippen LogP contribution in [0.1, 0.15) is 36.2 Å². The Hall–Kier alpha value is -2.16. The number of hydrogen-bond donors (Lipinski definition) is 0. The molecule has 0 atom stereocenters. The third kappa shape index (κ3) is 2.26. The van der Waals surface area contributed by atoms with Crippen molar-refractivity contribution in [2.45, 2.75) is 40.5 Å². The molecule has 0 saturated heterocycles. The molecule has 0 unspecified atom stereocenters. The fourth-order valence-corrected chi connectivity index (χ4v) is 3.79. The van der Waals surface area contributed by atoms with E-state index >= 15 is 0 Å². The summed E-state index contributed by atoms with van der Waals surface area (Å²) in [5.74, 6) is 1.06. The van der Waals surface area contributed by atoms with Gasteiger partial charge >= 0.3 is 0 Å². The summed E-state index contributed by atoms with van der Waals surface area (Å²) in [6, 6.07) is 8.36. The number of imidazole rings is 1. The van der Waals surface area contributed by atoms with Gasteiger partial charge < -0.3 is 4.57 Å². The predicted octanol–water partition coefficient (Wildman–Crippen LogP) is 3.81. The number of pyridine rings is 1. The Kier molecular flexibility index (Phi) is 3.97. The van der Waals surface area contributed by atoms with Gasteiger partial charge in [0.15, 0.2) is 5.69 Å². The van der Waals surface area contributed by atoms with Crippen molar-refractivity contribution in [3.05, 3.63) is 46.6 Å². The number of nitrogens with zero attached hydrogens (tertiary/aromatic N) is 3. The van der Waals surface area contributed by atoms with Gasteiger partial charge in [-0.25, -0.2) is 4.98 Å². The average Bonchev–Trinajstić information content (AvgIpc) is 2.88. The molecule has 0 aliphatic carbocycles. The quantitative estimate of drug-likeness (QED) is 0.674. The number of benzene rings is 1. The van der Waals surface area contributed by atoms with Crippen LogP contribution < -0.4 is 4.57 Å². The van der Waals surface area contributed by atoms with Gasteiger partial charge in [-0.3, -0.25) is 0 Å². The van der Waals surface area contributed by atoms with E-state index in [2.05, 4.69) is 75.2 Å². The van der Waals surface area contributed by atoms with Gasteiger partial charge in [-0.2, -0.15) is 4.57 Å². The molecule has 0 bridgehead atoms. The number of hydrogen-bond acceptors (Lipinski definition) is 1. The summed E-state index contributed by atoms with van der Waals surface area (Å²) in [7, 11) is 4.30. The van der Waals surface area contributed by atoms with Crippen LogP contribution in [-0.4, -0.2) is 9.55 Å². The van der Waals surface area contributed by atoms with E-state index in [1.54, 1.807) is 0 Å². The van der Waals surface area contributed by atoms with Crippen LogP contribution >= 0.6 is 0 Å². The minimum Gasteiger partial charge on any atom is -0.322 e. The van der Waals surface area contributed by atoms with E-state index in [0.717, 1.165) is 24.2 Å². The van der Waals surface area contributed by atoms with Gasteiger partial charge in [-0.05, 0) is 38.0 Å². The molecule has 0 saturated carbocycles. The van der Waals surface area contributed by atoms with Gasteiger partial charge in [-0.1, -0.05) is 26.0 Å². The average molecular weight is 308 g/mol. The summed E-state index contributed by atoms with van der Waals surface area (Å²) in [6.07, 6.45) is 2.05. The van der Waals surface area contributed by atoms with E-state index < -0.39 is 0 Å². The van der Waals surface area contributed by atoms with Crippen molar-refractivity contribution in [2.75, 3.05) is 0 Å². The first-order valence-corrected chi connectivity index (χ1v) is 8.43. The van der Waals surface area contributed by atoms with Gasteiger partial charge in [0.1, 0.15) is 7.05 Å². The molecule has 120 valence electrons. The highest BCUT2D eigenvalue weighted by Gasteiger charge is 2.27. The third-order valence-corrected chi connectivity index (χ3v) is 5.16. The molecule has 0 N–H and O–H groups in total. The normalized spacial score (nSPS) is 11.4. The van der Waals surface area contributed by atoms with E-state index in [0.29, 0.717) is 0 Å². The predicted molar refractivity (Wildman–Crippen MR) is 95.6 cm³/mol. The molecule has 3 nitrogen and oxygen atoms in total. The summed E-state index contributed by atoms with van der Waals surface area (Å²) in [5, 5.41) is 0. The first-order chi connectivity index (χ1) is 11.0. The second-order valence-electron chi connectivity index (χ2n) is 6.27. The highest BCUT2D eigenvalue weighted by atomic mass is 15.1. The highest BCUT2D eigenvalue weighted by molar-refractivity contribution is 5.80. The number of fused-ring (bicyclic) bond motifs is 1. The highest BCUT2D eigenvalue weighted by Crippen LogP contribution is 2.28. The monoisotopic (exact) mass is 308 g/mol. The lowest BCUT2D eigenvalue weighted by molar-refractivity contribution is -0.669. The van der Waals surface area contributed by atoms with Gasteiger partial charge in [-0.15, -0.1) is 0 Å². The molecule has 0 amide bonds. The molecular weight excluding hydrogens is 282 g/mol. The zero-order valence-electron chi connectivity index (χ0n) is 15.1. The van der Waals surface area contributed by atoms with E-state index in [4.69, 9.17) is 4.98 Å². The largest absolute Gasteiger partial charge is 0.322 e. The van der Waals surface area contributed by atoms with Crippen LogP contribution in [-0.2, 0) is 26.9 Å². The van der Waals surface area contributed by atoms with E-state index in [9.17, 15) is 0 Å². The van der Waals surface area contributed by atoms with Crippen molar-refractivity contribution >= 4 is 11.0 Å². The Bertz CT molecular complexity index is 888. The summed E-state index contributed by atoms with van der Waals surface area (Å²) < 4.78 is 4.57. The van der Waals surface area contributed by atoms with Crippen LogP contribution in [0.3, 0.4) is 0 Å². The van der Waals surface area contributed by atoms with E-state index in [-0.39, 0.29) is 0 Å². The van der Waals surface area contributed by atoms with Crippen LogP contribution in [0.4, 0.5) is 0 Å². The van der Waals surface area contributed by atoms with Crippen molar-refractivity contribution in [3.63, 3.8) is 0 Å². The molecule has 2 aromatic heterocycles. The first-order valence-electron chi connectivity index (χ1n) is 8.43. The zero-order valence-corrected chi connectivity index (χ0v) is 15.1. The van der Waals surface area contributed by atoms with E-state index in [1.165, 1.54) is 33.6 Å². The fraction of sp³-hybridized carbons (Fsp3) is 0.400. The fourth-order valence-electron chi connectivity index (χ4n) is 3.79. The van der Waals surface area contributed by atoms with Crippen LogP contribution in [0.5, 0.6) is 0 Å². The minimum absolute atomic E-state index is 1.02. The van der Waals surface area contributed by atoms with Gasteiger partial charge in [0, 0.05) is 24.6 Å². The first kappa shape index (κ1) is 15.7. The van der Waals surface area contributed by atoms with Crippen molar-refractivity contribution in [3.8, 4) is 11.5 Å². The number of para-hydroxylation sites is 2. The summed E-state index contributed by atoms with van der Waals surface area (Å²) in [6.45, 7) is 8.96. The molecule has 0 fully saturated rings. The van der Waals surface area contributed by atoms with Gasteiger partial charge in [0.2, 0.25) is 5.82 Å². The van der Waals surface area contributed by atoms with Crippen molar-refractivity contribution < 1.29 is 4.57 Å². The van der Waals surface area contributed by atoms with Crippen LogP contribution in [0.25, 0.3) is 22.6 Å². The second-order valence-corrected chi connectivity index (χ2v) is 6.27. The maximum Gasteiger partial charge on any atom is 0.252 e. The Labute approximate surface area is 138 Å². The lowest BCUT2D eigenvalue weighted by Gasteiger charge is -2.15. The summed E-state index contributed by atoms with van der Waals surface area (Å²) >= 11 is 0. The number of rotatable bonds is 3. The molecule has 3 heteroatoms. The van der Waals surface area contributed by atoms with Gasteiger partial charge in [0.05, 0.1) is 11.0 Å². The van der Waals surface area contributed by atoms with Crippen LogP contribution in [0.2, 0.25) is 0 Å². The molecule has 3 rings (SSSR count). The maximum absolute atomic E-state index is 4.94. The minimum atomic E-state index is 1.02. The smallest absolute Gasteiger partial charge is 0.252 e. The topological polar surface area (TPSA) is 21.7 Å². The third-order valence-electron chi connectivity index (χ3n) is 5.16. The molecule has 0 aliphatic rings. The Morgan fingerprint density at radius 1 is 1.04 bits per heavy atom. The zero-order chi connectivity index (χ0) is 16.7. The molecular formula is C20H26N3+. The lowest BCUT2D eigenvalue weighted by Crippen LogP contribution is -2.39. The lowest BCUT2D eigenvalue weighted by atomic mass is 9.96. The molecule has 3 aromatic rings. The van der Waals surface area contributed by atoms with Crippen molar-refractivity contribution in [1.82, 2.24) is 9.55 Å². The van der Waals surface area contributed by atoms with Crippen LogP contribution in [0.15, 0.2) is 24.3 Å². The molecule has 0 spiro atoms. The maximum atomic E-state index is 4.94. The SMILES string of the molecule is CCc1c(C)c(C)c(CC)[n+](C)c1-c1nc2ccccc2n1C. The molecule has 2 heterocycles. The molecule has 1 aromatic carbocycles. The Morgan fingerprint density at radius 3 is 2.35 bits per heavy atom. The second kappa shape index (κ2) is 5.80. The van der Waals surface area contributed by atoms with E-state index in [1.807, 2.05) is 0 Å². The Morgan fingerprint density at radius 2 is 1.74 bits per heavy atom. The van der Waals surface area contributed by atoms with Crippen LogP contribution in [0, 0.1) is 13.8 Å². The molecule has 0 radical (unpaired) electrons. The number of aryl methyl sites for hydroxylation is 1. The summed E-state index contributed by atoms with van der Waals surface area (Å²) in [5.41, 5.74) is 9.11. The van der Waals surface area contributed by atoms with Crippen molar-refractivity contribution in [1.29, 1.82) is 0 Å². The standard InChI is InChI=1S/C20H26N3/c1-7-15-13(3)14(4)17(8-2)22(5)19(15)20-21-16-11-9-10-12-18(16)23(20)6/h9-12H,7-8H2,1-6H3/q+1. The molecule has 23 heavy (non-hydrogen) atoms. The Balaban J connectivity index is 2.42. The summed E-state index contributed by atoms with van der Waals surface area (Å²) in [4.78, 5) is 4.94. The molecule has 0 aliphatic heterocycles.